The molecule has 0 unspecified atom stereocenters. The first-order valence-corrected chi connectivity index (χ1v) is 10.1. The Morgan fingerprint density at radius 1 is 1.17 bits per heavy atom. The lowest BCUT2D eigenvalue weighted by atomic mass is 10.1. The van der Waals surface area contributed by atoms with Crippen LogP contribution in [0, 0.1) is 5.82 Å². The summed E-state index contributed by atoms with van der Waals surface area (Å²) >= 11 is 1.31. The van der Waals surface area contributed by atoms with E-state index in [1.54, 1.807) is 28.1 Å². The second kappa shape index (κ2) is 8.46. The molecule has 0 fully saturated rings. The number of esters is 1. The molecule has 2 aromatic carbocycles. The van der Waals surface area contributed by atoms with Crippen molar-refractivity contribution in [2.24, 2.45) is 0 Å². The minimum Gasteiger partial charge on any atom is -0.467 e. The maximum Gasteiger partial charge on any atom is 0.328 e. The second-order valence-corrected chi connectivity index (χ2v) is 7.48. The van der Waals surface area contributed by atoms with Gasteiger partial charge < -0.3 is 10.1 Å². The van der Waals surface area contributed by atoms with Gasteiger partial charge in [0.2, 0.25) is 0 Å². The Morgan fingerprint density at radius 3 is 2.60 bits per heavy atom. The Kier molecular flexibility index (Phi) is 5.58. The van der Waals surface area contributed by atoms with Crippen LogP contribution in [-0.2, 0) is 16.0 Å². The molecule has 30 heavy (non-hydrogen) atoms. The van der Waals surface area contributed by atoms with Gasteiger partial charge in [-0.3, -0.25) is 9.20 Å². The molecule has 0 bridgehead atoms. The summed E-state index contributed by atoms with van der Waals surface area (Å²) in [4.78, 5) is 30.3. The van der Waals surface area contributed by atoms with Gasteiger partial charge in [-0.2, -0.15) is 0 Å². The van der Waals surface area contributed by atoms with Crippen molar-refractivity contribution in [2.75, 3.05) is 7.11 Å². The third-order valence-electron chi connectivity index (χ3n) is 4.66. The Morgan fingerprint density at radius 2 is 1.90 bits per heavy atom. The molecule has 6 nitrogen and oxygen atoms in total. The highest BCUT2D eigenvalue weighted by atomic mass is 32.1. The Labute approximate surface area is 176 Å². The molecule has 0 saturated carbocycles. The maximum absolute atomic E-state index is 13.2. The molecule has 152 valence electrons. The summed E-state index contributed by atoms with van der Waals surface area (Å²) in [5.74, 6) is -1.25. The summed E-state index contributed by atoms with van der Waals surface area (Å²) in [5, 5.41) is 4.45. The molecule has 1 N–H and O–H groups in total. The zero-order valence-electron chi connectivity index (χ0n) is 16.0. The van der Waals surface area contributed by atoms with Crippen LogP contribution in [-0.4, -0.2) is 34.4 Å². The number of halogens is 1. The van der Waals surface area contributed by atoms with Crippen molar-refractivity contribution in [1.29, 1.82) is 0 Å². The van der Waals surface area contributed by atoms with E-state index in [0.29, 0.717) is 22.8 Å². The number of fused-ring (bicyclic) bond motifs is 1. The number of benzene rings is 2. The zero-order valence-corrected chi connectivity index (χ0v) is 16.9. The molecule has 0 aliphatic rings. The molecule has 0 spiro atoms. The van der Waals surface area contributed by atoms with E-state index in [1.807, 2.05) is 30.3 Å². The van der Waals surface area contributed by atoms with Crippen molar-refractivity contribution in [2.45, 2.75) is 12.5 Å². The standard InChI is InChI=1S/C22H18FN3O3S/c1-29-21(28)17(11-14-5-3-2-4-6-14)24-20(27)19-13-30-22-25-18(12-26(19)22)15-7-9-16(23)10-8-15/h2-10,12-13,17H,11H2,1H3,(H,24,27)/t17-/m0/s1. The summed E-state index contributed by atoms with van der Waals surface area (Å²) in [5.41, 5.74) is 2.64. The number of amides is 1. The molecule has 2 heterocycles. The van der Waals surface area contributed by atoms with Crippen molar-refractivity contribution in [1.82, 2.24) is 14.7 Å². The largest absolute Gasteiger partial charge is 0.467 e. The fourth-order valence-corrected chi connectivity index (χ4v) is 3.98. The molecular weight excluding hydrogens is 405 g/mol. The van der Waals surface area contributed by atoms with E-state index in [-0.39, 0.29) is 5.82 Å². The molecule has 8 heteroatoms. The highest BCUT2D eigenvalue weighted by Gasteiger charge is 2.24. The van der Waals surface area contributed by atoms with Crippen molar-refractivity contribution in [3.8, 4) is 11.3 Å². The van der Waals surface area contributed by atoms with E-state index < -0.39 is 17.9 Å². The number of nitrogens with one attached hydrogen (secondary N) is 1. The van der Waals surface area contributed by atoms with Crippen LogP contribution >= 0.6 is 11.3 Å². The first-order valence-electron chi connectivity index (χ1n) is 9.20. The van der Waals surface area contributed by atoms with E-state index >= 15 is 0 Å². The zero-order chi connectivity index (χ0) is 21.1. The van der Waals surface area contributed by atoms with Gasteiger partial charge in [0, 0.05) is 23.6 Å². The number of ether oxygens (including phenoxy) is 1. The number of aromatic nitrogens is 2. The van der Waals surface area contributed by atoms with Crippen LogP contribution in [0.15, 0.2) is 66.2 Å². The van der Waals surface area contributed by atoms with Gasteiger partial charge in [0.15, 0.2) is 4.96 Å². The minimum atomic E-state index is -0.819. The van der Waals surface area contributed by atoms with Crippen LogP contribution in [0.25, 0.3) is 16.2 Å². The van der Waals surface area contributed by atoms with E-state index in [9.17, 15) is 14.0 Å². The molecule has 0 aliphatic heterocycles. The van der Waals surface area contributed by atoms with E-state index in [4.69, 9.17) is 4.74 Å². The first kappa shape index (κ1) is 19.8. The molecule has 0 aliphatic carbocycles. The fraction of sp³-hybridized carbons (Fsp3) is 0.136. The summed E-state index contributed by atoms with van der Waals surface area (Å²) in [7, 11) is 1.29. The summed E-state index contributed by atoms with van der Waals surface area (Å²) < 4.78 is 19.7. The van der Waals surface area contributed by atoms with E-state index in [1.165, 1.54) is 30.6 Å². The Bertz CT molecular complexity index is 1190. The summed E-state index contributed by atoms with van der Waals surface area (Å²) in [6.07, 6.45) is 2.04. The van der Waals surface area contributed by atoms with Gasteiger partial charge in [0.05, 0.1) is 12.8 Å². The number of thiazole rings is 1. The molecular formula is C22H18FN3O3S. The number of carbonyl (C=O) groups excluding carboxylic acids is 2. The molecule has 4 rings (SSSR count). The molecule has 1 amide bonds. The number of hydrogen-bond donors (Lipinski definition) is 1. The minimum absolute atomic E-state index is 0.317. The average molecular weight is 423 g/mol. The molecule has 0 saturated heterocycles. The third-order valence-corrected chi connectivity index (χ3v) is 5.50. The third kappa shape index (κ3) is 4.08. The van der Waals surface area contributed by atoms with Gasteiger partial charge in [-0.1, -0.05) is 30.3 Å². The molecule has 4 aromatic rings. The SMILES string of the molecule is COC(=O)[C@H](Cc1ccccc1)NC(=O)c1csc2nc(-c3ccc(F)cc3)cn12. The average Bonchev–Trinajstić information content (AvgIpc) is 3.35. The van der Waals surface area contributed by atoms with Crippen molar-refractivity contribution in [3.63, 3.8) is 0 Å². The number of hydrogen-bond acceptors (Lipinski definition) is 5. The highest BCUT2D eigenvalue weighted by Crippen LogP contribution is 2.24. The van der Waals surface area contributed by atoms with E-state index in [0.717, 1.165) is 11.1 Å². The summed E-state index contributed by atoms with van der Waals surface area (Å²) in [6.45, 7) is 0. The fourth-order valence-electron chi connectivity index (χ4n) is 3.12. The van der Waals surface area contributed by atoms with Crippen LogP contribution in [0.5, 0.6) is 0 Å². The van der Waals surface area contributed by atoms with Crippen molar-refractivity contribution in [3.05, 3.63) is 83.2 Å². The van der Waals surface area contributed by atoms with Crippen LogP contribution in [0.3, 0.4) is 0 Å². The normalized spacial score (nSPS) is 11.9. The quantitative estimate of drug-likeness (QED) is 0.480. The predicted octanol–water partition coefficient (Wildman–Crippen LogP) is 3.72. The van der Waals surface area contributed by atoms with Gasteiger partial charge in [0.25, 0.3) is 5.91 Å². The van der Waals surface area contributed by atoms with Crippen molar-refractivity contribution < 1.29 is 18.7 Å². The second-order valence-electron chi connectivity index (χ2n) is 6.65. The van der Waals surface area contributed by atoms with E-state index in [2.05, 4.69) is 10.3 Å². The van der Waals surface area contributed by atoms with Gasteiger partial charge in [-0.25, -0.2) is 14.2 Å². The van der Waals surface area contributed by atoms with Gasteiger partial charge >= 0.3 is 5.97 Å². The van der Waals surface area contributed by atoms with Gasteiger partial charge in [0.1, 0.15) is 17.6 Å². The topological polar surface area (TPSA) is 72.7 Å². The monoisotopic (exact) mass is 423 g/mol. The highest BCUT2D eigenvalue weighted by molar-refractivity contribution is 7.15. The molecule has 1 atom stereocenters. The molecule has 0 radical (unpaired) electrons. The van der Waals surface area contributed by atoms with Crippen LogP contribution in [0.2, 0.25) is 0 Å². The summed E-state index contributed by atoms with van der Waals surface area (Å²) in [6, 6.07) is 14.6. The number of imidazole rings is 1. The lowest BCUT2D eigenvalue weighted by Gasteiger charge is -2.16. The van der Waals surface area contributed by atoms with Crippen LogP contribution < -0.4 is 5.32 Å². The predicted molar refractivity (Wildman–Crippen MR) is 112 cm³/mol. The van der Waals surface area contributed by atoms with Gasteiger partial charge in [-0.05, 0) is 29.8 Å². The van der Waals surface area contributed by atoms with Crippen LogP contribution in [0.4, 0.5) is 4.39 Å². The Balaban J connectivity index is 1.58. The lowest BCUT2D eigenvalue weighted by molar-refractivity contribution is -0.142. The smallest absolute Gasteiger partial charge is 0.328 e. The van der Waals surface area contributed by atoms with Gasteiger partial charge in [-0.15, -0.1) is 11.3 Å². The lowest BCUT2D eigenvalue weighted by Crippen LogP contribution is -2.43. The van der Waals surface area contributed by atoms with Crippen molar-refractivity contribution >= 4 is 28.2 Å². The number of carbonyl (C=O) groups is 2. The molecule has 2 aromatic heterocycles. The maximum atomic E-state index is 13.2. The number of methoxy groups -OCH3 is 1. The Hall–Kier alpha value is -3.52. The first-order chi connectivity index (χ1) is 14.5. The number of rotatable bonds is 6. The van der Waals surface area contributed by atoms with Crippen LogP contribution in [0.1, 0.15) is 16.1 Å². The number of nitrogens with zero attached hydrogens (tertiary/aromatic N) is 2.